The van der Waals surface area contributed by atoms with E-state index in [0.29, 0.717) is 18.4 Å². The number of rotatable bonds is 3. The second-order valence-electron chi connectivity index (χ2n) is 4.13. The van der Waals surface area contributed by atoms with E-state index in [1.165, 1.54) is 12.1 Å². The Morgan fingerprint density at radius 1 is 1.50 bits per heavy atom. The highest BCUT2D eigenvalue weighted by atomic mass is 79.9. The summed E-state index contributed by atoms with van der Waals surface area (Å²) in [5.74, 6) is -1.46. The largest absolute Gasteiger partial charge is 0.508 e. The molecule has 1 aromatic carbocycles. The van der Waals surface area contributed by atoms with Gasteiger partial charge in [-0.2, -0.15) is 0 Å². The Balaban J connectivity index is 2.41. The van der Waals surface area contributed by atoms with Crippen LogP contribution < -0.4 is 0 Å². The minimum atomic E-state index is -0.930. The first-order valence-electron chi connectivity index (χ1n) is 4.85. The molecule has 0 saturated heterocycles. The van der Waals surface area contributed by atoms with Crippen molar-refractivity contribution in [1.82, 2.24) is 0 Å². The zero-order valence-corrected chi connectivity index (χ0v) is 9.92. The fourth-order valence-corrected chi connectivity index (χ4v) is 2.27. The van der Waals surface area contributed by atoms with Crippen LogP contribution in [-0.2, 0) is 10.2 Å². The van der Waals surface area contributed by atoms with E-state index in [0.717, 1.165) is 0 Å². The van der Waals surface area contributed by atoms with Crippen LogP contribution in [0.1, 0.15) is 24.8 Å². The first-order chi connectivity index (χ1) is 7.44. The van der Waals surface area contributed by atoms with E-state index in [2.05, 4.69) is 15.9 Å². The quantitative estimate of drug-likeness (QED) is 0.899. The molecule has 0 heterocycles. The van der Waals surface area contributed by atoms with Crippen LogP contribution in [0.3, 0.4) is 0 Å². The average molecular weight is 289 g/mol. The predicted octanol–water partition coefficient (Wildman–Crippen LogP) is 2.80. The third kappa shape index (κ3) is 1.91. The van der Waals surface area contributed by atoms with Gasteiger partial charge in [0.15, 0.2) is 0 Å². The number of hydrogen-bond donors (Lipinski definition) is 2. The molecular formula is C11H10BrFO3. The molecule has 0 aliphatic heterocycles. The van der Waals surface area contributed by atoms with Crippen molar-refractivity contribution in [1.29, 1.82) is 0 Å². The van der Waals surface area contributed by atoms with Gasteiger partial charge in [0, 0.05) is 11.0 Å². The lowest BCUT2D eigenvalue weighted by Gasteiger charge is -2.15. The van der Waals surface area contributed by atoms with E-state index in [9.17, 15) is 14.3 Å². The molecule has 1 aromatic rings. The van der Waals surface area contributed by atoms with Crippen molar-refractivity contribution in [3.05, 3.63) is 28.0 Å². The standard InChI is InChI=1S/C11H10BrFO3/c12-7-4-9(14)6(3-8(7)13)11(1-2-11)5-10(15)16/h3-4,14H,1-2,5H2,(H,15,16). The number of carbonyl (C=O) groups is 1. The van der Waals surface area contributed by atoms with Crippen LogP contribution in [-0.4, -0.2) is 16.2 Å². The number of phenols is 1. The first-order valence-corrected chi connectivity index (χ1v) is 5.64. The Kier molecular flexibility index (Phi) is 2.66. The van der Waals surface area contributed by atoms with E-state index in [4.69, 9.17) is 5.11 Å². The molecule has 0 aromatic heterocycles. The van der Waals surface area contributed by atoms with Gasteiger partial charge in [0.2, 0.25) is 0 Å². The highest BCUT2D eigenvalue weighted by Gasteiger charge is 2.47. The summed E-state index contributed by atoms with van der Waals surface area (Å²) in [5, 5.41) is 18.5. The lowest BCUT2D eigenvalue weighted by molar-refractivity contribution is -0.137. The normalized spacial score (nSPS) is 17.1. The second-order valence-corrected chi connectivity index (χ2v) is 4.99. The molecule has 1 saturated carbocycles. The van der Waals surface area contributed by atoms with Gasteiger partial charge >= 0.3 is 5.97 Å². The summed E-state index contributed by atoms with van der Waals surface area (Å²) in [7, 11) is 0. The van der Waals surface area contributed by atoms with Gasteiger partial charge in [-0.05, 0) is 40.9 Å². The minimum Gasteiger partial charge on any atom is -0.508 e. The van der Waals surface area contributed by atoms with Crippen LogP contribution in [0.25, 0.3) is 0 Å². The van der Waals surface area contributed by atoms with E-state index in [-0.39, 0.29) is 16.6 Å². The third-order valence-corrected chi connectivity index (χ3v) is 3.56. The van der Waals surface area contributed by atoms with E-state index >= 15 is 0 Å². The molecule has 1 fully saturated rings. The van der Waals surface area contributed by atoms with E-state index in [1.54, 1.807) is 0 Å². The van der Waals surface area contributed by atoms with Gasteiger partial charge in [-0.25, -0.2) is 4.39 Å². The molecule has 0 bridgehead atoms. The SMILES string of the molecule is O=C(O)CC1(c2cc(F)c(Br)cc2O)CC1. The number of aliphatic carboxylic acids is 1. The van der Waals surface area contributed by atoms with Gasteiger partial charge in [-0.15, -0.1) is 0 Å². The minimum absolute atomic E-state index is 0.0491. The van der Waals surface area contributed by atoms with Crippen molar-refractivity contribution >= 4 is 21.9 Å². The number of hydrogen-bond acceptors (Lipinski definition) is 2. The summed E-state index contributed by atoms with van der Waals surface area (Å²) in [5.41, 5.74) is -0.173. The summed E-state index contributed by atoms with van der Waals surface area (Å²) in [6, 6.07) is 2.49. The monoisotopic (exact) mass is 288 g/mol. The second kappa shape index (κ2) is 3.73. The summed E-state index contributed by atoms with van der Waals surface area (Å²) >= 11 is 2.97. The number of carboxylic acids is 1. The molecule has 86 valence electrons. The first kappa shape index (κ1) is 11.4. The van der Waals surface area contributed by atoms with Crippen molar-refractivity contribution < 1.29 is 19.4 Å². The van der Waals surface area contributed by atoms with Gasteiger partial charge in [0.1, 0.15) is 11.6 Å². The maximum absolute atomic E-state index is 13.3. The van der Waals surface area contributed by atoms with Crippen LogP contribution in [0.4, 0.5) is 4.39 Å². The molecule has 0 unspecified atom stereocenters. The Hall–Kier alpha value is -1.10. The van der Waals surface area contributed by atoms with Crippen molar-refractivity contribution in [2.45, 2.75) is 24.7 Å². The Labute approximate surface area is 100 Å². The maximum atomic E-state index is 13.3. The number of aromatic hydroxyl groups is 1. The average Bonchev–Trinajstić information content (AvgIpc) is 2.91. The summed E-state index contributed by atoms with van der Waals surface area (Å²) < 4.78 is 13.5. The molecule has 1 aliphatic rings. The van der Waals surface area contributed by atoms with Gasteiger partial charge in [0.05, 0.1) is 10.9 Å². The summed E-state index contributed by atoms with van der Waals surface area (Å²) in [4.78, 5) is 10.7. The molecular weight excluding hydrogens is 279 g/mol. The summed E-state index contributed by atoms with van der Waals surface area (Å²) in [6.45, 7) is 0. The zero-order valence-electron chi connectivity index (χ0n) is 8.33. The molecule has 3 nitrogen and oxygen atoms in total. The Bertz CT molecular complexity index is 455. The van der Waals surface area contributed by atoms with Crippen molar-refractivity contribution in [2.24, 2.45) is 0 Å². The van der Waals surface area contributed by atoms with Gasteiger partial charge in [-0.3, -0.25) is 4.79 Å². The molecule has 0 atom stereocenters. The summed E-state index contributed by atoms with van der Waals surface area (Å²) in [6.07, 6.45) is 1.28. The molecule has 2 rings (SSSR count). The molecule has 2 N–H and O–H groups in total. The fraction of sp³-hybridized carbons (Fsp3) is 0.364. The highest BCUT2D eigenvalue weighted by Crippen LogP contribution is 2.54. The smallest absolute Gasteiger partial charge is 0.304 e. The van der Waals surface area contributed by atoms with Crippen LogP contribution >= 0.6 is 15.9 Å². The van der Waals surface area contributed by atoms with Gasteiger partial charge in [-0.1, -0.05) is 0 Å². The Morgan fingerprint density at radius 2 is 2.12 bits per heavy atom. The lowest BCUT2D eigenvalue weighted by atomic mass is 9.91. The molecule has 5 heteroatoms. The highest BCUT2D eigenvalue weighted by molar-refractivity contribution is 9.10. The van der Waals surface area contributed by atoms with Crippen molar-refractivity contribution in [3.63, 3.8) is 0 Å². The number of phenolic OH excluding ortho intramolecular Hbond substituents is 1. The molecule has 16 heavy (non-hydrogen) atoms. The molecule has 0 amide bonds. The van der Waals surface area contributed by atoms with Gasteiger partial charge in [0.25, 0.3) is 0 Å². The number of halogens is 2. The molecule has 1 aliphatic carbocycles. The topological polar surface area (TPSA) is 57.5 Å². The van der Waals surface area contributed by atoms with E-state index < -0.39 is 17.2 Å². The van der Waals surface area contributed by atoms with Crippen LogP contribution in [0.15, 0.2) is 16.6 Å². The maximum Gasteiger partial charge on any atom is 0.304 e. The van der Waals surface area contributed by atoms with Crippen molar-refractivity contribution in [2.75, 3.05) is 0 Å². The number of benzene rings is 1. The van der Waals surface area contributed by atoms with Gasteiger partial charge < -0.3 is 10.2 Å². The fourth-order valence-electron chi connectivity index (χ4n) is 1.94. The van der Waals surface area contributed by atoms with E-state index in [1.807, 2.05) is 0 Å². The van der Waals surface area contributed by atoms with Crippen LogP contribution in [0, 0.1) is 5.82 Å². The Morgan fingerprint density at radius 3 is 2.62 bits per heavy atom. The number of carboxylic acid groups (broad SMARTS) is 1. The molecule has 0 spiro atoms. The lowest BCUT2D eigenvalue weighted by Crippen LogP contribution is -2.13. The van der Waals surface area contributed by atoms with Crippen LogP contribution in [0.5, 0.6) is 5.75 Å². The zero-order chi connectivity index (χ0) is 11.9. The third-order valence-electron chi connectivity index (χ3n) is 2.95. The predicted molar refractivity (Wildman–Crippen MR) is 58.9 cm³/mol. The van der Waals surface area contributed by atoms with Crippen molar-refractivity contribution in [3.8, 4) is 5.75 Å². The van der Waals surface area contributed by atoms with Crippen LogP contribution in [0.2, 0.25) is 0 Å². The molecule has 0 radical (unpaired) electrons.